The maximum Gasteiger partial charge on any atom is 0.241 e. The fourth-order valence-corrected chi connectivity index (χ4v) is 2.71. The highest BCUT2D eigenvalue weighted by Crippen LogP contribution is 2.22. The van der Waals surface area contributed by atoms with Crippen molar-refractivity contribution in [1.82, 2.24) is 4.90 Å². The van der Waals surface area contributed by atoms with Crippen LogP contribution in [-0.2, 0) is 24.2 Å². The molecule has 2 aromatic rings. The predicted molar refractivity (Wildman–Crippen MR) is 96.6 cm³/mol. The lowest BCUT2D eigenvalue weighted by molar-refractivity contribution is -0.128. The number of nitrogens with zero attached hydrogens (tertiary/aromatic N) is 1. The van der Waals surface area contributed by atoms with Crippen LogP contribution in [0.3, 0.4) is 0 Å². The minimum Gasteiger partial charge on any atom is -0.376 e. The molecule has 0 aromatic heterocycles. The molecule has 0 bridgehead atoms. The summed E-state index contributed by atoms with van der Waals surface area (Å²) in [6.07, 6.45) is 1.93. The first-order chi connectivity index (χ1) is 11.2. The van der Waals surface area contributed by atoms with E-state index in [1.165, 1.54) is 11.1 Å². The fourth-order valence-electron chi connectivity index (χ4n) is 2.71. The molecule has 0 aliphatic carbocycles. The molecule has 0 fully saturated rings. The first kappa shape index (κ1) is 17.1. The lowest BCUT2D eigenvalue weighted by Gasteiger charge is -2.20. The Labute approximate surface area is 139 Å². The van der Waals surface area contributed by atoms with Gasteiger partial charge in [0.1, 0.15) is 0 Å². The Kier molecular flexibility index (Phi) is 6.21. The van der Waals surface area contributed by atoms with Crippen molar-refractivity contribution in [3.63, 3.8) is 0 Å². The molecule has 0 spiro atoms. The zero-order valence-corrected chi connectivity index (χ0v) is 14.3. The summed E-state index contributed by atoms with van der Waals surface area (Å²) in [6.45, 7) is 5.25. The molecular formula is C20H26N2O. The van der Waals surface area contributed by atoms with Crippen LogP contribution in [0.1, 0.15) is 30.5 Å². The number of aryl methyl sites for hydroxylation is 2. The molecule has 122 valence electrons. The van der Waals surface area contributed by atoms with Crippen LogP contribution in [-0.4, -0.2) is 24.4 Å². The van der Waals surface area contributed by atoms with Gasteiger partial charge in [-0.25, -0.2) is 0 Å². The zero-order chi connectivity index (χ0) is 16.7. The average molecular weight is 310 g/mol. The number of likely N-dealkylation sites (N-methyl/N-ethyl adjacent to an activating group) is 1. The SMILES string of the molecule is CCc1cccc(CC)c1NCC(=O)N(C)Cc1ccccc1. The summed E-state index contributed by atoms with van der Waals surface area (Å²) in [4.78, 5) is 14.1. The van der Waals surface area contributed by atoms with Crippen molar-refractivity contribution in [2.24, 2.45) is 0 Å². The van der Waals surface area contributed by atoms with Crippen molar-refractivity contribution >= 4 is 11.6 Å². The molecule has 0 aliphatic heterocycles. The van der Waals surface area contributed by atoms with Crippen molar-refractivity contribution in [2.75, 3.05) is 18.9 Å². The summed E-state index contributed by atoms with van der Waals surface area (Å²) in [5.74, 6) is 0.0989. The smallest absolute Gasteiger partial charge is 0.241 e. The second kappa shape index (κ2) is 8.37. The lowest BCUT2D eigenvalue weighted by Crippen LogP contribution is -2.32. The summed E-state index contributed by atoms with van der Waals surface area (Å²) in [6, 6.07) is 16.4. The molecule has 1 amide bonds. The van der Waals surface area contributed by atoms with Gasteiger partial charge in [0.2, 0.25) is 5.91 Å². The maximum atomic E-state index is 12.4. The van der Waals surface area contributed by atoms with Gasteiger partial charge in [-0.15, -0.1) is 0 Å². The van der Waals surface area contributed by atoms with Gasteiger partial charge in [-0.2, -0.15) is 0 Å². The van der Waals surface area contributed by atoms with Gasteiger partial charge in [0, 0.05) is 19.3 Å². The number of nitrogens with one attached hydrogen (secondary N) is 1. The molecule has 3 nitrogen and oxygen atoms in total. The van der Waals surface area contributed by atoms with Gasteiger partial charge in [-0.1, -0.05) is 62.4 Å². The molecule has 0 unspecified atom stereocenters. The highest BCUT2D eigenvalue weighted by molar-refractivity contribution is 5.81. The van der Waals surface area contributed by atoms with Crippen LogP contribution in [0.4, 0.5) is 5.69 Å². The van der Waals surface area contributed by atoms with E-state index in [0.717, 1.165) is 24.1 Å². The normalized spacial score (nSPS) is 10.4. The maximum absolute atomic E-state index is 12.4. The van der Waals surface area contributed by atoms with Crippen LogP contribution in [0.5, 0.6) is 0 Å². The van der Waals surface area contributed by atoms with Crippen LogP contribution in [0, 0.1) is 0 Å². The fraction of sp³-hybridized carbons (Fsp3) is 0.350. The first-order valence-corrected chi connectivity index (χ1v) is 8.28. The van der Waals surface area contributed by atoms with Gasteiger partial charge in [0.25, 0.3) is 0 Å². The van der Waals surface area contributed by atoms with E-state index in [1.807, 2.05) is 37.4 Å². The number of carbonyl (C=O) groups excluding carboxylic acids is 1. The number of hydrogen-bond donors (Lipinski definition) is 1. The summed E-state index contributed by atoms with van der Waals surface area (Å²) < 4.78 is 0. The van der Waals surface area contributed by atoms with E-state index in [9.17, 15) is 4.79 Å². The standard InChI is InChI=1S/C20H26N2O/c1-4-17-12-9-13-18(5-2)20(17)21-14-19(23)22(3)15-16-10-7-6-8-11-16/h6-13,21H,4-5,14-15H2,1-3H3. The highest BCUT2D eigenvalue weighted by Gasteiger charge is 2.11. The largest absolute Gasteiger partial charge is 0.376 e. The van der Waals surface area contributed by atoms with Gasteiger partial charge in [-0.3, -0.25) is 4.79 Å². The third-order valence-electron chi connectivity index (χ3n) is 4.10. The van der Waals surface area contributed by atoms with Gasteiger partial charge in [0.05, 0.1) is 6.54 Å². The van der Waals surface area contributed by atoms with Crippen molar-refractivity contribution in [3.8, 4) is 0 Å². The van der Waals surface area contributed by atoms with Crippen LogP contribution < -0.4 is 5.32 Å². The molecule has 0 aliphatic rings. The highest BCUT2D eigenvalue weighted by atomic mass is 16.2. The molecule has 2 rings (SSSR count). The second-order valence-electron chi connectivity index (χ2n) is 5.75. The van der Waals surface area contributed by atoms with Gasteiger partial charge >= 0.3 is 0 Å². The number of carbonyl (C=O) groups is 1. The van der Waals surface area contributed by atoms with E-state index in [1.54, 1.807) is 4.90 Å². The Morgan fingerprint density at radius 2 is 1.57 bits per heavy atom. The number of anilines is 1. The van der Waals surface area contributed by atoms with Gasteiger partial charge < -0.3 is 10.2 Å². The predicted octanol–water partition coefficient (Wildman–Crippen LogP) is 3.88. The average Bonchev–Trinajstić information content (AvgIpc) is 2.59. The topological polar surface area (TPSA) is 32.3 Å². The molecule has 0 radical (unpaired) electrons. The molecule has 0 heterocycles. The molecule has 2 aromatic carbocycles. The molecule has 0 saturated heterocycles. The Morgan fingerprint density at radius 3 is 2.13 bits per heavy atom. The van der Waals surface area contributed by atoms with Crippen LogP contribution in [0.25, 0.3) is 0 Å². The van der Waals surface area contributed by atoms with E-state index in [-0.39, 0.29) is 5.91 Å². The number of para-hydroxylation sites is 1. The number of hydrogen-bond acceptors (Lipinski definition) is 2. The quantitative estimate of drug-likeness (QED) is 0.841. The van der Waals surface area contributed by atoms with Crippen LogP contribution >= 0.6 is 0 Å². The summed E-state index contributed by atoms with van der Waals surface area (Å²) in [5.41, 5.74) is 4.80. The molecule has 3 heteroatoms. The Hall–Kier alpha value is -2.29. The van der Waals surface area contributed by atoms with Crippen molar-refractivity contribution in [2.45, 2.75) is 33.2 Å². The monoisotopic (exact) mass is 310 g/mol. The molecule has 1 N–H and O–H groups in total. The Balaban J connectivity index is 1.99. The molecule has 23 heavy (non-hydrogen) atoms. The number of amides is 1. The van der Waals surface area contributed by atoms with Crippen LogP contribution in [0.15, 0.2) is 48.5 Å². The number of rotatable bonds is 7. The molecular weight excluding hydrogens is 284 g/mol. The van der Waals surface area contributed by atoms with E-state index in [0.29, 0.717) is 13.1 Å². The van der Waals surface area contributed by atoms with Crippen molar-refractivity contribution in [3.05, 3.63) is 65.2 Å². The third-order valence-corrected chi connectivity index (χ3v) is 4.10. The van der Waals surface area contributed by atoms with Crippen molar-refractivity contribution < 1.29 is 4.79 Å². The second-order valence-corrected chi connectivity index (χ2v) is 5.75. The first-order valence-electron chi connectivity index (χ1n) is 8.28. The molecule has 0 saturated carbocycles. The Bertz CT molecular complexity index is 615. The minimum atomic E-state index is 0.0989. The third kappa shape index (κ3) is 4.59. The minimum absolute atomic E-state index is 0.0989. The number of benzene rings is 2. The molecule has 0 atom stereocenters. The van der Waals surface area contributed by atoms with E-state index >= 15 is 0 Å². The summed E-state index contributed by atoms with van der Waals surface area (Å²) in [7, 11) is 1.85. The summed E-state index contributed by atoms with van der Waals surface area (Å²) in [5, 5.41) is 3.36. The summed E-state index contributed by atoms with van der Waals surface area (Å²) >= 11 is 0. The Morgan fingerprint density at radius 1 is 0.957 bits per heavy atom. The van der Waals surface area contributed by atoms with E-state index in [4.69, 9.17) is 0 Å². The van der Waals surface area contributed by atoms with Gasteiger partial charge in [0.15, 0.2) is 0 Å². The zero-order valence-electron chi connectivity index (χ0n) is 14.3. The van der Waals surface area contributed by atoms with Gasteiger partial charge in [-0.05, 0) is 29.5 Å². The lowest BCUT2D eigenvalue weighted by atomic mass is 10.0. The van der Waals surface area contributed by atoms with E-state index < -0.39 is 0 Å². The van der Waals surface area contributed by atoms with Crippen molar-refractivity contribution in [1.29, 1.82) is 0 Å². The van der Waals surface area contributed by atoms with E-state index in [2.05, 4.69) is 37.4 Å². The van der Waals surface area contributed by atoms with Crippen LogP contribution in [0.2, 0.25) is 0 Å².